The summed E-state index contributed by atoms with van der Waals surface area (Å²) in [4.78, 5) is 3.90. The van der Waals surface area contributed by atoms with Gasteiger partial charge in [0.2, 0.25) is 0 Å². The molecular weight excluding hydrogens is 273 g/mol. The SMILES string of the molecule is Nc1nc(-c2cccc(C(F)(F)F)c2)c(Cl)s1. The Balaban J connectivity index is 2.50. The molecule has 0 aliphatic rings. The van der Waals surface area contributed by atoms with E-state index in [9.17, 15) is 13.2 Å². The van der Waals surface area contributed by atoms with E-state index >= 15 is 0 Å². The van der Waals surface area contributed by atoms with Gasteiger partial charge in [-0.2, -0.15) is 13.2 Å². The number of rotatable bonds is 1. The zero-order valence-electron chi connectivity index (χ0n) is 8.25. The first-order valence-electron chi connectivity index (χ1n) is 4.47. The van der Waals surface area contributed by atoms with Crippen molar-refractivity contribution in [1.82, 2.24) is 4.98 Å². The molecule has 0 aliphatic carbocycles. The van der Waals surface area contributed by atoms with Crippen molar-refractivity contribution < 1.29 is 13.2 Å². The molecule has 2 aromatic rings. The Morgan fingerprint density at radius 1 is 1.29 bits per heavy atom. The van der Waals surface area contributed by atoms with Gasteiger partial charge in [-0.25, -0.2) is 4.98 Å². The van der Waals surface area contributed by atoms with Gasteiger partial charge in [-0.3, -0.25) is 0 Å². The monoisotopic (exact) mass is 278 g/mol. The van der Waals surface area contributed by atoms with E-state index in [1.165, 1.54) is 12.1 Å². The molecule has 0 bridgehead atoms. The molecule has 7 heteroatoms. The van der Waals surface area contributed by atoms with Crippen molar-refractivity contribution in [2.75, 3.05) is 5.73 Å². The lowest BCUT2D eigenvalue weighted by atomic mass is 10.1. The second kappa shape index (κ2) is 4.19. The third-order valence-electron chi connectivity index (χ3n) is 2.07. The normalized spacial score (nSPS) is 11.8. The summed E-state index contributed by atoms with van der Waals surface area (Å²) in [5, 5.41) is 0.224. The van der Waals surface area contributed by atoms with Gasteiger partial charge < -0.3 is 5.73 Å². The number of nitrogen functional groups attached to an aromatic ring is 1. The van der Waals surface area contributed by atoms with Crippen molar-refractivity contribution in [1.29, 1.82) is 0 Å². The summed E-state index contributed by atoms with van der Waals surface area (Å²) in [5.41, 5.74) is 5.28. The van der Waals surface area contributed by atoms with Gasteiger partial charge in [0.05, 0.1) is 5.56 Å². The second-order valence-corrected chi connectivity index (χ2v) is 4.89. The van der Waals surface area contributed by atoms with Gasteiger partial charge in [-0.15, -0.1) is 0 Å². The average Bonchev–Trinajstić information content (AvgIpc) is 2.57. The quantitative estimate of drug-likeness (QED) is 0.854. The lowest BCUT2D eigenvalue weighted by molar-refractivity contribution is -0.137. The zero-order valence-corrected chi connectivity index (χ0v) is 9.83. The fraction of sp³-hybridized carbons (Fsp3) is 0.100. The number of benzene rings is 1. The van der Waals surface area contributed by atoms with Crippen LogP contribution >= 0.6 is 22.9 Å². The van der Waals surface area contributed by atoms with Crippen LogP contribution in [-0.4, -0.2) is 4.98 Å². The first-order chi connectivity index (χ1) is 7.88. The second-order valence-electron chi connectivity index (χ2n) is 3.25. The fourth-order valence-corrected chi connectivity index (χ4v) is 2.31. The number of nitrogens with zero attached hydrogens (tertiary/aromatic N) is 1. The molecule has 1 aromatic heterocycles. The predicted molar refractivity (Wildman–Crippen MR) is 62.0 cm³/mol. The van der Waals surface area contributed by atoms with Crippen molar-refractivity contribution >= 4 is 28.1 Å². The third-order valence-corrected chi connectivity index (χ3v) is 3.15. The minimum Gasteiger partial charge on any atom is -0.375 e. The first kappa shape index (κ1) is 12.2. The van der Waals surface area contributed by atoms with E-state index in [-0.39, 0.29) is 15.2 Å². The first-order valence-corrected chi connectivity index (χ1v) is 5.67. The van der Waals surface area contributed by atoms with E-state index < -0.39 is 11.7 Å². The maximum atomic E-state index is 12.5. The molecule has 0 radical (unpaired) electrons. The van der Waals surface area contributed by atoms with Crippen molar-refractivity contribution in [2.24, 2.45) is 0 Å². The van der Waals surface area contributed by atoms with Gasteiger partial charge in [0.15, 0.2) is 5.13 Å². The maximum absolute atomic E-state index is 12.5. The highest BCUT2D eigenvalue weighted by Gasteiger charge is 2.30. The van der Waals surface area contributed by atoms with Gasteiger partial charge in [0.1, 0.15) is 10.0 Å². The molecular formula is C10H6ClF3N2S. The molecule has 17 heavy (non-hydrogen) atoms. The summed E-state index contributed by atoms with van der Waals surface area (Å²) in [6, 6.07) is 4.81. The van der Waals surface area contributed by atoms with Crippen LogP contribution in [0.1, 0.15) is 5.56 Å². The Labute approximate surface area is 104 Å². The molecule has 0 amide bonds. The Kier molecular flexibility index (Phi) is 3.01. The average molecular weight is 279 g/mol. The van der Waals surface area contributed by atoms with Crippen LogP contribution in [0.3, 0.4) is 0 Å². The van der Waals surface area contributed by atoms with Gasteiger partial charge >= 0.3 is 6.18 Å². The minimum absolute atomic E-state index is 0.224. The number of anilines is 1. The summed E-state index contributed by atoms with van der Waals surface area (Å²) in [7, 11) is 0. The maximum Gasteiger partial charge on any atom is 0.416 e. The number of aromatic nitrogens is 1. The van der Waals surface area contributed by atoms with Gasteiger partial charge in [0, 0.05) is 5.56 Å². The molecule has 0 aliphatic heterocycles. The highest BCUT2D eigenvalue weighted by molar-refractivity contribution is 7.19. The molecule has 0 saturated heterocycles. The molecule has 0 atom stereocenters. The highest BCUT2D eigenvalue weighted by atomic mass is 35.5. The van der Waals surface area contributed by atoms with Gasteiger partial charge in [-0.1, -0.05) is 35.1 Å². The highest BCUT2D eigenvalue weighted by Crippen LogP contribution is 2.36. The molecule has 1 aromatic carbocycles. The van der Waals surface area contributed by atoms with E-state index in [4.69, 9.17) is 17.3 Å². The van der Waals surface area contributed by atoms with Crippen LogP contribution in [0.5, 0.6) is 0 Å². The molecule has 2 N–H and O–H groups in total. The van der Waals surface area contributed by atoms with Crippen LogP contribution < -0.4 is 5.73 Å². The molecule has 2 rings (SSSR count). The Bertz CT molecular complexity index is 551. The Hall–Kier alpha value is -1.27. The van der Waals surface area contributed by atoms with E-state index in [0.29, 0.717) is 5.56 Å². The fourth-order valence-electron chi connectivity index (χ4n) is 1.34. The Morgan fingerprint density at radius 2 is 2.00 bits per heavy atom. The van der Waals surface area contributed by atoms with Crippen LogP contribution in [-0.2, 0) is 6.18 Å². The molecule has 0 fully saturated rings. The van der Waals surface area contributed by atoms with Crippen LogP contribution in [0.2, 0.25) is 4.34 Å². The number of nitrogens with two attached hydrogens (primary N) is 1. The zero-order chi connectivity index (χ0) is 12.6. The van der Waals surface area contributed by atoms with E-state index in [1.807, 2.05) is 0 Å². The lowest BCUT2D eigenvalue weighted by Gasteiger charge is -2.07. The lowest BCUT2D eigenvalue weighted by Crippen LogP contribution is -2.04. The molecule has 1 heterocycles. The predicted octanol–water partition coefficient (Wildman–Crippen LogP) is 4.06. The standard InChI is InChI=1S/C10H6ClF3N2S/c11-8-7(16-9(15)17-8)5-2-1-3-6(4-5)10(12,13)14/h1-4H,(H2,15,16). The molecule has 0 spiro atoms. The molecule has 0 unspecified atom stereocenters. The van der Waals surface area contributed by atoms with Crippen molar-refractivity contribution in [2.45, 2.75) is 6.18 Å². The molecule has 90 valence electrons. The Morgan fingerprint density at radius 3 is 2.53 bits per heavy atom. The van der Waals surface area contributed by atoms with Crippen LogP contribution in [0, 0.1) is 0 Å². The van der Waals surface area contributed by atoms with Crippen LogP contribution in [0.25, 0.3) is 11.3 Å². The largest absolute Gasteiger partial charge is 0.416 e. The number of thiazole rings is 1. The topological polar surface area (TPSA) is 38.9 Å². The van der Waals surface area contributed by atoms with Gasteiger partial charge in [-0.05, 0) is 12.1 Å². The third kappa shape index (κ3) is 2.53. The number of hydrogen-bond donors (Lipinski definition) is 1. The number of halogens is 4. The summed E-state index contributed by atoms with van der Waals surface area (Å²) in [5.74, 6) is 0. The summed E-state index contributed by atoms with van der Waals surface area (Å²) in [6.07, 6.45) is -4.38. The van der Waals surface area contributed by atoms with Crippen LogP contribution in [0.4, 0.5) is 18.3 Å². The van der Waals surface area contributed by atoms with Crippen molar-refractivity contribution in [3.63, 3.8) is 0 Å². The summed E-state index contributed by atoms with van der Waals surface area (Å²) < 4.78 is 37.8. The van der Waals surface area contributed by atoms with E-state index in [2.05, 4.69) is 4.98 Å². The smallest absolute Gasteiger partial charge is 0.375 e. The van der Waals surface area contributed by atoms with E-state index in [0.717, 1.165) is 23.5 Å². The van der Waals surface area contributed by atoms with Crippen molar-refractivity contribution in [3.05, 3.63) is 34.2 Å². The van der Waals surface area contributed by atoms with Gasteiger partial charge in [0.25, 0.3) is 0 Å². The summed E-state index contributed by atoms with van der Waals surface area (Å²) in [6.45, 7) is 0. The van der Waals surface area contributed by atoms with Crippen LogP contribution in [0.15, 0.2) is 24.3 Å². The minimum atomic E-state index is -4.38. The van der Waals surface area contributed by atoms with Crippen molar-refractivity contribution in [3.8, 4) is 11.3 Å². The number of hydrogen-bond acceptors (Lipinski definition) is 3. The summed E-state index contributed by atoms with van der Waals surface area (Å²) >= 11 is 6.87. The molecule has 2 nitrogen and oxygen atoms in total. The number of alkyl halides is 3. The van der Waals surface area contributed by atoms with E-state index in [1.54, 1.807) is 0 Å². The molecule has 0 saturated carbocycles.